The Bertz CT molecular complexity index is 1500. The summed E-state index contributed by atoms with van der Waals surface area (Å²) >= 11 is 7.82. The third-order valence-corrected chi connectivity index (χ3v) is 8.32. The van der Waals surface area contributed by atoms with E-state index in [2.05, 4.69) is 24.4 Å². The molecule has 200 valence electrons. The van der Waals surface area contributed by atoms with E-state index >= 15 is 0 Å². The van der Waals surface area contributed by atoms with Gasteiger partial charge in [0.25, 0.3) is 0 Å². The second-order valence-electron chi connectivity index (χ2n) is 9.72. The minimum atomic E-state index is -0.194. The molecule has 0 spiro atoms. The van der Waals surface area contributed by atoms with Crippen molar-refractivity contribution in [1.29, 1.82) is 0 Å². The number of carbonyl (C=O) groups is 2. The van der Waals surface area contributed by atoms with Gasteiger partial charge in [0.2, 0.25) is 11.8 Å². The number of fused-ring (bicyclic) bond motifs is 1. The molecule has 1 aliphatic rings. The fourth-order valence-corrected chi connectivity index (χ4v) is 6.22. The summed E-state index contributed by atoms with van der Waals surface area (Å²) in [6, 6.07) is 23.9. The van der Waals surface area contributed by atoms with E-state index in [0.717, 1.165) is 45.6 Å². The number of amides is 2. The molecule has 0 saturated carbocycles. The molecule has 0 radical (unpaired) electrons. The Kier molecular flexibility index (Phi) is 8.10. The molecule has 6 nitrogen and oxygen atoms in total. The molecule has 8 heteroatoms. The van der Waals surface area contributed by atoms with E-state index in [4.69, 9.17) is 16.7 Å². The van der Waals surface area contributed by atoms with E-state index in [1.807, 2.05) is 79.2 Å². The van der Waals surface area contributed by atoms with Gasteiger partial charge in [0.15, 0.2) is 0 Å². The fourth-order valence-electron chi connectivity index (χ4n) is 4.80. The van der Waals surface area contributed by atoms with Crippen LogP contribution in [0.2, 0.25) is 5.02 Å². The number of nitrogens with zero attached hydrogens (tertiary/aromatic N) is 3. The van der Waals surface area contributed by atoms with E-state index < -0.39 is 0 Å². The van der Waals surface area contributed by atoms with Crippen LogP contribution >= 0.6 is 23.4 Å². The van der Waals surface area contributed by atoms with Gasteiger partial charge in [0, 0.05) is 22.7 Å². The van der Waals surface area contributed by atoms with Crippen LogP contribution in [0.5, 0.6) is 0 Å². The topological polar surface area (TPSA) is 67.2 Å². The number of aromatic nitrogens is 2. The first-order chi connectivity index (χ1) is 18.9. The van der Waals surface area contributed by atoms with Gasteiger partial charge in [0.1, 0.15) is 12.4 Å². The largest absolute Gasteiger partial charge is 0.355 e. The molecule has 4 aromatic rings. The van der Waals surface area contributed by atoms with Crippen LogP contribution in [-0.2, 0) is 9.59 Å². The molecule has 0 bridgehead atoms. The monoisotopic (exact) mass is 558 g/mol. The van der Waals surface area contributed by atoms with Crippen molar-refractivity contribution >= 4 is 41.0 Å². The van der Waals surface area contributed by atoms with Crippen molar-refractivity contribution in [2.24, 2.45) is 0 Å². The summed E-state index contributed by atoms with van der Waals surface area (Å²) in [6.45, 7) is 6.60. The van der Waals surface area contributed by atoms with Crippen molar-refractivity contribution < 1.29 is 9.59 Å². The predicted molar refractivity (Wildman–Crippen MR) is 160 cm³/mol. The summed E-state index contributed by atoms with van der Waals surface area (Å²) in [5.41, 5.74) is 6.75. The lowest BCUT2D eigenvalue weighted by Gasteiger charge is -2.23. The zero-order chi connectivity index (χ0) is 27.5. The summed E-state index contributed by atoms with van der Waals surface area (Å²) < 4.78 is 1.82. The van der Waals surface area contributed by atoms with Gasteiger partial charge >= 0.3 is 0 Å². The number of thioether (sulfide) groups is 1. The van der Waals surface area contributed by atoms with Crippen molar-refractivity contribution in [3.63, 3.8) is 0 Å². The number of nitrogens with one attached hydrogen (secondary N) is 1. The highest BCUT2D eigenvalue weighted by Gasteiger charge is 2.38. The van der Waals surface area contributed by atoms with Crippen LogP contribution in [-0.4, -0.2) is 40.4 Å². The Hall–Kier alpha value is -3.55. The van der Waals surface area contributed by atoms with Crippen molar-refractivity contribution in [3.8, 4) is 16.9 Å². The van der Waals surface area contributed by atoms with Gasteiger partial charge in [-0.25, -0.2) is 4.68 Å². The molecular formula is C31H31ClN4O2S. The van der Waals surface area contributed by atoms with E-state index in [1.165, 1.54) is 0 Å². The van der Waals surface area contributed by atoms with E-state index in [-0.39, 0.29) is 29.4 Å². The zero-order valence-electron chi connectivity index (χ0n) is 22.3. The SMILES string of the molecule is CCCNC(=O)CN1C(=O)CSC(c2ccccc2C)c2c(-c3ccc(Cl)cc3)nn(-c3ccc(C)cc3)c21. The van der Waals surface area contributed by atoms with Gasteiger partial charge in [-0.1, -0.05) is 72.6 Å². The number of halogens is 1. The van der Waals surface area contributed by atoms with Crippen LogP contribution in [0.1, 0.15) is 40.8 Å². The number of rotatable bonds is 7. The van der Waals surface area contributed by atoms with Crippen LogP contribution in [0.4, 0.5) is 5.82 Å². The summed E-state index contributed by atoms with van der Waals surface area (Å²) in [5, 5.41) is 8.53. The highest BCUT2D eigenvalue weighted by atomic mass is 35.5. The Morgan fingerprint density at radius 1 is 1.05 bits per heavy atom. The molecule has 39 heavy (non-hydrogen) atoms. The van der Waals surface area contributed by atoms with Crippen LogP contribution < -0.4 is 10.2 Å². The molecule has 0 aliphatic carbocycles. The first kappa shape index (κ1) is 27.0. The smallest absolute Gasteiger partial charge is 0.240 e. The molecule has 5 rings (SSSR count). The minimum absolute atomic E-state index is 0.0789. The Morgan fingerprint density at radius 2 is 1.77 bits per heavy atom. The number of hydrogen-bond acceptors (Lipinski definition) is 4. The van der Waals surface area contributed by atoms with Gasteiger partial charge < -0.3 is 5.32 Å². The average molecular weight is 559 g/mol. The highest BCUT2D eigenvalue weighted by Crippen LogP contribution is 2.49. The van der Waals surface area contributed by atoms with Crippen molar-refractivity contribution in [3.05, 3.63) is 100 Å². The van der Waals surface area contributed by atoms with E-state index in [9.17, 15) is 9.59 Å². The molecular weight excluding hydrogens is 528 g/mol. The van der Waals surface area contributed by atoms with Crippen molar-refractivity contribution in [1.82, 2.24) is 15.1 Å². The molecule has 3 aromatic carbocycles. The summed E-state index contributed by atoms with van der Waals surface area (Å²) in [6.07, 6.45) is 0.818. The molecule has 1 aromatic heterocycles. The minimum Gasteiger partial charge on any atom is -0.355 e. The molecule has 2 amide bonds. The van der Waals surface area contributed by atoms with Crippen LogP contribution in [0.25, 0.3) is 16.9 Å². The highest BCUT2D eigenvalue weighted by molar-refractivity contribution is 8.00. The quantitative estimate of drug-likeness (QED) is 0.281. The Balaban J connectivity index is 1.80. The molecule has 0 saturated heterocycles. The van der Waals surface area contributed by atoms with Gasteiger partial charge in [-0.3, -0.25) is 14.5 Å². The summed E-state index contributed by atoms with van der Waals surface area (Å²) in [4.78, 5) is 28.3. The maximum absolute atomic E-state index is 13.7. The lowest BCUT2D eigenvalue weighted by Crippen LogP contribution is -2.42. The molecule has 1 N–H and O–H groups in total. The molecule has 1 unspecified atom stereocenters. The molecule has 1 atom stereocenters. The number of benzene rings is 3. The number of carbonyl (C=O) groups excluding carboxylic acids is 2. The fraction of sp³-hybridized carbons (Fsp3) is 0.258. The first-order valence-electron chi connectivity index (χ1n) is 13.1. The predicted octanol–water partition coefficient (Wildman–Crippen LogP) is 6.50. The third kappa shape index (κ3) is 5.60. The molecule has 1 aliphatic heterocycles. The summed E-state index contributed by atoms with van der Waals surface area (Å²) in [7, 11) is 0. The third-order valence-electron chi connectivity index (χ3n) is 6.83. The Morgan fingerprint density at radius 3 is 2.46 bits per heavy atom. The molecule has 0 fully saturated rings. The standard InChI is InChI=1S/C31H31ClN4O2S/c1-4-17-33-26(37)18-35-27(38)19-39-30(25-8-6-5-7-21(25)3)28-29(22-11-13-23(32)14-12-22)34-36(31(28)35)24-15-9-20(2)10-16-24/h5-16,30H,4,17-19H2,1-3H3,(H,33,37). The van der Waals surface area contributed by atoms with Gasteiger partial charge in [-0.2, -0.15) is 5.10 Å². The maximum atomic E-state index is 13.7. The van der Waals surface area contributed by atoms with Crippen molar-refractivity contribution in [2.75, 3.05) is 23.7 Å². The average Bonchev–Trinajstić information content (AvgIpc) is 3.26. The first-order valence-corrected chi connectivity index (χ1v) is 14.5. The lowest BCUT2D eigenvalue weighted by molar-refractivity contribution is -0.122. The maximum Gasteiger partial charge on any atom is 0.240 e. The zero-order valence-corrected chi connectivity index (χ0v) is 23.9. The number of hydrogen-bond donors (Lipinski definition) is 1. The normalized spacial score (nSPS) is 15.1. The van der Waals surface area contributed by atoms with Crippen LogP contribution in [0.3, 0.4) is 0 Å². The van der Waals surface area contributed by atoms with Gasteiger partial charge in [0.05, 0.1) is 22.4 Å². The second kappa shape index (κ2) is 11.7. The summed E-state index contributed by atoms with van der Waals surface area (Å²) in [5.74, 6) is 0.543. The Labute approximate surface area is 238 Å². The second-order valence-corrected chi connectivity index (χ2v) is 11.2. The van der Waals surface area contributed by atoms with E-state index in [1.54, 1.807) is 16.7 Å². The number of aryl methyl sites for hydroxylation is 2. The van der Waals surface area contributed by atoms with E-state index in [0.29, 0.717) is 17.4 Å². The van der Waals surface area contributed by atoms with Gasteiger partial charge in [-0.05, 0) is 55.7 Å². The van der Waals surface area contributed by atoms with Crippen LogP contribution in [0.15, 0.2) is 72.8 Å². The number of anilines is 1. The lowest BCUT2D eigenvalue weighted by atomic mass is 9.96. The van der Waals surface area contributed by atoms with Gasteiger partial charge in [-0.15, -0.1) is 11.8 Å². The molecule has 2 heterocycles. The van der Waals surface area contributed by atoms with Crippen molar-refractivity contribution in [2.45, 2.75) is 32.4 Å². The van der Waals surface area contributed by atoms with Crippen LogP contribution in [0, 0.1) is 13.8 Å².